The van der Waals surface area contributed by atoms with Crippen LogP contribution in [0.25, 0.3) is 21.6 Å². The van der Waals surface area contributed by atoms with E-state index < -0.39 is 0 Å². The normalized spacial score (nSPS) is 22.8. The molecule has 0 radical (unpaired) electrons. The van der Waals surface area contributed by atoms with Crippen molar-refractivity contribution in [3.05, 3.63) is 35.0 Å². The monoisotopic (exact) mass is 379 g/mol. The molecule has 3 aromatic rings. The molecule has 0 bridgehead atoms. The summed E-state index contributed by atoms with van der Waals surface area (Å²) in [6.45, 7) is 6.48. The number of hydrogen-bond donors (Lipinski definition) is 1. The average molecular weight is 380 g/mol. The van der Waals surface area contributed by atoms with Crippen LogP contribution in [0.1, 0.15) is 37.1 Å². The average Bonchev–Trinajstić information content (AvgIpc) is 3.05. The molecule has 140 valence electrons. The third-order valence-electron chi connectivity index (χ3n) is 5.59. The number of thiophene rings is 1. The molecule has 1 N–H and O–H groups in total. The van der Waals surface area contributed by atoms with Crippen molar-refractivity contribution in [2.24, 2.45) is 0 Å². The number of hydrogen-bond acceptors (Lipinski definition) is 6. The van der Waals surface area contributed by atoms with Crippen LogP contribution in [0, 0.1) is 0 Å². The van der Waals surface area contributed by atoms with E-state index in [1.807, 2.05) is 35.9 Å². The number of aromatic nitrogens is 3. The molecule has 0 aromatic carbocycles. The lowest BCUT2D eigenvalue weighted by Gasteiger charge is -2.37. The van der Waals surface area contributed by atoms with Gasteiger partial charge in [0.05, 0.1) is 5.39 Å². The maximum Gasteiger partial charge on any atom is 0.163 e. The first kappa shape index (κ1) is 17.1. The predicted octanol–water partition coefficient (Wildman–Crippen LogP) is 3.82. The minimum atomic E-state index is 0.456. The van der Waals surface area contributed by atoms with Crippen LogP contribution in [0.2, 0.25) is 0 Å². The molecule has 2 atom stereocenters. The van der Waals surface area contributed by atoms with Gasteiger partial charge in [0, 0.05) is 48.0 Å². The third-order valence-corrected chi connectivity index (χ3v) is 6.78. The Kier molecular flexibility index (Phi) is 4.32. The Morgan fingerprint density at radius 3 is 2.56 bits per heavy atom. The van der Waals surface area contributed by atoms with Gasteiger partial charge >= 0.3 is 0 Å². The lowest BCUT2D eigenvalue weighted by molar-refractivity contribution is 0.406. The zero-order chi connectivity index (χ0) is 18.4. The van der Waals surface area contributed by atoms with E-state index in [2.05, 4.69) is 29.0 Å². The fraction of sp³-hybridized carbons (Fsp3) is 0.476. The van der Waals surface area contributed by atoms with Crippen LogP contribution in [0.4, 0.5) is 5.82 Å². The summed E-state index contributed by atoms with van der Waals surface area (Å²) in [6, 6.07) is 4.92. The zero-order valence-corrected chi connectivity index (χ0v) is 16.7. The minimum absolute atomic E-state index is 0.456. The molecular formula is C21H25N5S. The van der Waals surface area contributed by atoms with Gasteiger partial charge in [-0.2, -0.15) is 0 Å². The molecule has 2 unspecified atom stereocenters. The van der Waals surface area contributed by atoms with Gasteiger partial charge in [-0.1, -0.05) is 0 Å². The van der Waals surface area contributed by atoms with Crippen LogP contribution in [0.15, 0.2) is 24.5 Å². The van der Waals surface area contributed by atoms with Crippen molar-refractivity contribution in [2.75, 3.05) is 18.0 Å². The SMILES string of the molecule is CC1CN(c2nc(-c3ccncc3)nc3sc4c(c23)CCCC4)CC(C)N1. The molecule has 5 nitrogen and oxygen atoms in total. The second-order valence-electron chi connectivity index (χ2n) is 7.87. The number of rotatable bonds is 2. The minimum Gasteiger partial charge on any atom is -0.353 e. The Bertz CT molecular complexity index is 958. The molecule has 5 rings (SSSR count). The molecule has 3 aromatic heterocycles. The molecule has 1 fully saturated rings. The zero-order valence-electron chi connectivity index (χ0n) is 15.9. The highest BCUT2D eigenvalue weighted by Crippen LogP contribution is 2.41. The number of fused-ring (bicyclic) bond motifs is 3. The Morgan fingerprint density at radius 1 is 1.04 bits per heavy atom. The molecule has 0 saturated carbocycles. The van der Waals surface area contributed by atoms with Gasteiger partial charge in [0.15, 0.2) is 5.82 Å². The molecule has 6 heteroatoms. The quantitative estimate of drug-likeness (QED) is 0.734. The van der Waals surface area contributed by atoms with Crippen molar-refractivity contribution in [3.63, 3.8) is 0 Å². The van der Waals surface area contributed by atoms with E-state index in [0.29, 0.717) is 12.1 Å². The standard InChI is InChI=1S/C21H25N5S/c1-13-11-26(12-14(2)23-13)20-18-16-5-3-4-6-17(16)27-21(18)25-19(24-20)15-7-9-22-10-8-15/h7-10,13-14,23H,3-6,11-12H2,1-2H3. The van der Waals surface area contributed by atoms with Crippen LogP contribution in [-0.2, 0) is 12.8 Å². The van der Waals surface area contributed by atoms with Crippen LogP contribution in [0.3, 0.4) is 0 Å². The summed E-state index contributed by atoms with van der Waals surface area (Å²) in [4.78, 5) is 19.4. The second-order valence-corrected chi connectivity index (χ2v) is 8.96. The van der Waals surface area contributed by atoms with Crippen LogP contribution < -0.4 is 10.2 Å². The van der Waals surface area contributed by atoms with Crippen molar-refractivity contribution in [1.82, 2.24) is 20.3 Å². The molecule has 4 heterocycles. The number of anilines is 1. The fourth-order valence-electron chi connectivity index (χ4n) is 4.50. The van der Waals surface area contributed by atoms with Gasteiger partial charge < -0.3 is 10.2 Å². The Morgan fingerprint density at radius 2 is 1.78 bits per heavy atom. The van der Waals surface area contributed by atoms with Gasteiger partial charge in [0.1, 0.15) is 10.6 Å². The van der Waals surface area contributed by atoms with Gasteiger partial charge in [0.2, 0.25) is 0 Å². The molecule has 27 heavy (non-hydrogen) atoms. The molecule has 2 aliphatic rings. The lowest BCUT2D eigenvalue weighted by atomic mass is 9.96. The summed E-state index contributed by atoms with van der Waals surface area (Å²) < 4.78 is 0. The van der Waals surface area contributed by atoms with Crippen LogP contribution in [0.5, 0.6) is 0 Å². The maximum absolute atomic E-state index is 5.11. The molecule has 1 saturated heterocycles. The first-order valence-electron chi connectivity index (χ1n) is 9.92. The number of nitrogens with zero attached hydrogens (tertiary/aromatic N) is 4. The van der Waals surface area contributed by atoms with Crippen LogP contribution >= 0.6 is 11.3 Å². The summed E-state index contributed by atoms with van der Waals surface area (Å²) in [7, 11) is 0. The van der Waals surface area contributed by atoms with E-state index in [1.54, 1.807) is 0 Å². The Labute approximate surface area is 163 Å². The topological polar surface area (TPSA) is 53.9 Å². The molecular weight excluding hydrogens is 354 g/mol. The maximum atomic E-state index is 5.11. The number of nitrogens with one attached hydrogen (secondary N) is 1. The predicted molar refractivity (Wildman–Crippen MR) is 112 cm³/mol. The molecule has 1 aliphatic heterocycles. The lowest BCUT2D eigenvalue weighted by Crippen LogP contribution is -2.54. The van der Waals surface area contributed by atoms with Gasteiger partial charge in [0.25, 0.3) is 0 Å². The van der Waals surface area contributed by atoms with Crippen molar-refractivity contribution >= 4 is 27.4 Å². The van der Waals surface area contributed by atoms with E-state index in [4.69, 9.17) is 9.97 Å². The summed E-state index contributed by atoms with van der Waals surface area (Å²) >= 11 is 1.88. The van der Waals surface area contributed by atoms with E-state index in [-0.39, 0.29) is 0 Å². The molecule has 0 spiro atoms. The van der Waals surface area contributed by atoms with Crippen molar-refractivity contribution in [3.8, 4) is 11.4 Å². The smallest absolute Gasteiger partial charge is 0.163 e. The summed E-state index contributed by atoms with van der Waals surface area (Å²) in [5.74, 6) is 1.95. The van der Waals surface area contributed by atoms with Gasteiger partial charge in [-0.25, -0.2) is 9.97 Å². The summed E-state index contributed by atoms with van der Waals surface area (Å²) in [5, 5.41) is 4.95. The van der Waals surface area contributed by atoms with E-state index in [9.17, 15) is 0 Å². The van der Waals surface area contributed by atoms with E-state index in [0.717, 1.165) is 41.5 Å². The van der Waals surface area contributed by atoms with Crippen LogP contribution in [-0.4, -0.2) is 40.1 Å². The van der Waals surface area contributed by atoms with Gasteiger partial charge in [-0.05, 0) is 57.2 Å². The number of piperazine rings is 1. The highest BCUT2D eigenvalue weighted by Gasteiger charge is 2.28. The molecule has 0 amide bonds. The van der Waals surface area contributed by atoms with Gasteiger partial charge in [-0.3, -0.25) is 4.98 Å². The summed E-state index contributed by atoms with van der Waals surface area (Å²) in [5.41, 5.74) is 2.55. The highest BCUT2D eigenvalue weighted by atomic mass is 32.1. The van der Waals surface area contributed by atoms with Crippen molar-refractivity contribution < 1.29 is 0 Å². The number of aryl methyl sites for hydroxylation is 2. The fourth-order valence-corrected chi connectivity index (χ4v) is 5.75. The first-order valence-corrected chi connectivity index (χ1v) is 10.7. The Balaban J connectivity index is 1.71. The van der Waals surface area contributed by atoms with Crippen molar-refractivity contribution in [2.45, 2.75) is 51.6 Å². The number of pyridine rings is 1. The molecule has 1 aliphatic carbocycles. The first-order chi connectivity index (χ1) is 13.2. The van der Waals surface area contributed by atoms with Gasteiger partial charge in [-0.15, -0.1) is 11.3 Å². The van der Waals surface area contributed by atoms with E-state index in [1.165, 1.54) is 35.1 Å². The largest absolute Gasteiger partial charge is 0.353 e. The highest BCUT2D eigenvalue weighted by molar-refractivity contribution is 7.19. The second kappa shape index (κ2) is 6.84. The Hall–Kier alpha value is -2.05. The van der Waals surface area contributed by atoms with E-state index >= 15 is 0 Å². The third kappa shape index (κ3) is 3.11. The summed E-state index contributed by atoms with van der Waals surface area (Å²) in [6.07, 6.45) is 8.56. The van der Waals surface area contributed by atoms with Crippen molar-refractivity contribution in [1.29, 1.82) is 0 Å².